The summed E-state index contributed by atoms with van der Waals surface area (Å²) < 4.78 is 0. The summed E-state index contributed by atoms with van der Waals surface area (Å²) in [5.41, 5.74) is 4.87. The zero-order valence-corrected chi connectivity index (χ0v) is 8.80. The second-order valence-corrected chi connectivity index (χ2v) is 3.46. The molecule has 0 aromatic heterocycles. The Morgan fingerprint density at radius 3 is 2.50 bits per heavy atom. The molecule has 0 saturated carbocycles. The normalized spacial score (nSPS) is 10.2. The highest BCUT2D eigenvalue weighted by Gasteiger charge is 2.02. The summed E-state index contributed by atoms with van der Waals surface area (Å²) in [7, 11) is 0. The van der Waals surface area contributed by atoms with Crippen LogP contribution in [0.15, 0.2) is 0 Å². The Balaban J connectivity index is 3.31. The number of amides is 2. The molecule has 0 spiro atoms. The van der Waals surface area contributed by atoms with E-state index in [0.29, 0.717) is 12.5 Å². The van der Waals surface area contributed by atoms with Crippen molar-refractivity contribution in [3.63, 3.8) is 0 Å². The maximum absolute atomic E-state index is 11.0. The lowest BCUT2D eigenvalue weighted by atomic mass is 10.2. The molecule has 0 bridgehead atoms. The van der Waals surface area contributed by atoms with Gasteiger partial charge in [0.1, 0.15) is 0 Å². The fourth-order valence-corrected chi connectivity index (χ4v) is 0.914. The molecule has 0 radical (unpaired) electrons. The second-order valence-electron chi connectivity index (χ2n) is 3.46. The second kappa shape index (κ2) is 7.32. The third-order valence-electron chi connectivity index (χ3n) is 1.59. The summed E-state index contributed by atoms with van der Waals surface area (Å²) in [5, 5.41) is 5.62. The number of hydrogen-bond donors (Lipinski definition) is 3. The van der Waals surface area contributed by atoms with Crippen LogP contribution in [-0.2, 0) is 9.59 Å². The minimum Gasteiger partial charge on any atom is -0.368 e. The van der Waals surface area contributed by atoms with Crippen LogP contribution >= 0.6 is 0 Å². The van der Waals surface area contributed by atoms with Gasteiger partial charge >= 0.3 is 0 Å². The lowest BCUT2D eigenvalue weighted by Crippen LogP contribution is -2.33. The molecule has 0 aliphatic heterocycles. The quantitative estimate of drug-likeness (QED) is 0.479. The van der Waals surface area contributed by atoms with E-state index in [1.54, 1.807) is 0 Å². The van der Waals surface area contributed by atoms with Gasteiger partial charge in [-0.15, -0.1) is 0 Å². The van der Waals surface area contributed by atoms with Crippen LogP contribution in [0, 0.1) is 0 Å². The van der Waals surface area contributed by atoms with Gasteiger partial charge in [0.15, 0.2) is 0 Å². The Hall–Kier alpha value is -1.10. The van der Waals surface area contributed by atoms with Crippen molar-refractivity contribution in [2.24, 2.45) is 5.73 Å². The highest BCUT2D eigenvalue weighted by molar-refractivity contribution is 5.83. The Kier molecular flexibility index (Phi) is 6.74. The van der Waals surface area contributed by atoms with Crippen molar-refractivity contribution in [1.82, 2.24) is 10.6 Å². The number of carbonyl (C=O) groups excluding carboxylic acids is 2. The number of primary amides is 1. The van der Waals surface area contributed by atoms with Crippen molar-refractivity contribution in [3.05, 3.63) is 0 Å². The van der Waals surface area contributed by atoms with E-state index in [4.69, 9.17) is 5.73 Å². The van der Waals surface area contributed by atoms with E-state index in [1.165, 1.54) is 0 Å². The molecule has 0 heterocycles. The largest absolute Gasteiger partial charge is 0.368 e. The van der Waals surface area contributed by atoms with Crippen LogP contribution in [0.3, 0.4) is 0 Å². The summed E-state index contributed by atoms with van der Waals surface area (Å²) in [6.07, 6.45) is 1.19. The van der Waals surface area contributed by atoms with Crippen LogP contribution in [-0.4, -0.2) is 30.9 Å². The molecule has 0 fully saturated rings. The number of hydrogen-bond acceptors (Lipinski definition) is 3. The molecule has 0 unspecified atom stereocenters. The van der Waals surface area contributed by atoms with Crippen LogP contribution in [0.25, 0.3) is 0 Å². The standard InChI is InChI=1S/C9H19N3O2/c1-7(2)11-5-3-4-9(14)12-6-8(10)13/h7,11H,3-6H2,1-2H3,(H2,10,13)(H,12,14). The summed E-state index contributed by atoms with van der Waals surface area (Å²) >= 11 is 0. The van der Waals surface area contributed by atoms with Gasteiger partial charge in [-0.05, 0) is 13.0 Å². The van der Waals surface area contributed by atoms with Crippen LogP contribution in [0.4, 0.5) is 0 Å². The lowest BCUT2D eigenvalue weighted by molar-refractivity contribution is -0.124. The molecule has 0 atom stereocenters. The van der Waals surface area contributed by atoms with Crippen LogP contribution in [0.2, 0.25) is 0 Å². The van der Waals surface area contributed by atoms with E-state index in [2.05, 4.69) is 10.6 Å². The van der Waals surface area contributed by atoms with Crippen molar-refractivity contribution in [3.8, 4) is 0 Å². The minimum absolute atomic E-state index is 0.0730. The smallest absolute Gasteiger partial charge is 0.236 e. The molecule has 0 saturated heterocycles. The summed E-state index contributed by atoms with van der Waals surface area (Å²) in [4.78, 5) is 21.4. The monoisotopic (exact) mass is 201 g/mol. The fourth-order valence-electron chi connectivity index (χ4n) is 0.914. The zero-order valence-electron chi connectivity index (χ0n) is 8.80. The first-order valence-electron chi connectivity index (χ1n) is 4.80. The van der Waals surface area contributed by atoms with Crippen molar-refractivity contribution in [2.45, 2.75) is 32.7 Å². The Bertz CT molecular complexity index is 192. The van der Waals surface area contributed by atoms with Gasteiger partial charge in [0.25, 0.3) is 0 Å². The predicted octanol–water partition coefficient (Wildman–Crippen LogP) is -0.634. The van der Waals surface area contributed by atoms with Gasteiger partial charge in [-0.25, -0.2) is 0 Å². The highest BCUT2D eigenvalue weighted by atomic mass is 16.2. The molecule has 14 heavy (non-hydrogen) atoms. The van der Waals surface area contributed by atoms with Crippen molar-refractivity contribution in [2.75, 3.05) is 13.1 Å². The first-order chi connectivity index (χ1) is 6.52. The van der Waals surface area contributed by atoms with Gasteiger partial charge in [0.2, 0.25) is 11.8 Å². The van der Waals surface area contributed by atoms with Crippen LogP contribution in [0.1, 0.15) is 26.7 Å². The Morgan fingerprint density at radius 1 is 1.36 bits per heavy atom. The zero-order chi connectivity index (χ0) is 11.0. The minimum atomic E-state index is -0.515. The third kappa shape index (κ3) is 8.99. The molecule has 2 amide bonds. The summed E-state index contributed by atoms with van der Waals surface area (Å²) in [5.74, 6) is -0.645. The summed E-state index contributed by atoms with van der Waals surface area (Å²) in [6.45, 7) is 4.83. The molecule has 5 nitrogen and oxygen atoms in total. The van der Waals surface area contributed by atoms with E-state index in [1.807, 2.05) is 13.8 Å². The molecule has 4 N–H and O–H groups in total. The van der Waals surface area contributed by atoms with E-state index in [9.17, 15) is 9.59 Å². The Morgan fingerprint density at radius 2 is 2.00 bits per heavy atom. The molecule has 0 aliphatic rings. The highest BCUT2D eigenvalue weighted by Crippen LogP contribution is 1.87. The number of carbonyl (C=O) groups is 2. The average Bonchev–Trinajstić information content (AvgIpc) is 2.08. The van der Waals surface area contributed by atoms with Crippen molar-refractivity contribution >= 4 is 11.8 Å². The van der Waals surface area contributed by atoms with Crippen molar-refractivity contribution < 1.29 is 9.59 Å². The van der Waals surface area contributed by atoms with Gasteiger partial charge < -0.3 is 16.4 Å². The molecular weight excluding hydrogens is 182 g/mol. The molecule has 0 aromatic rings. The molecule has 0 aromatic carbocycles. The number of nitrogens with one attached hydrogen (secondary N) is 2. The Labute approximate surface area is 84.4 Å². The van der Waals surface area contributed by atoms with E-state index in [-0.39, 0.29) is 12.5 Å². The number of rotatable bonds is 7. The molecule has 82 valence electrons. The third-order valence-corrected chi connectivity index (χ3v) is 1.59. The van der Waals surface area contributed by atoms with Crippen molar-refractivity contribution in [1.29, 1.82) is 0 Å². The van der Waals surface area contributed by atoms with Gasteiger partial charge in [0, 0.05) is 12.5 Å². The molecule has 0 rings (SSSR count). The number of nitrogens with two attached hydrogens (primary N) is 1. The molecule has 5 heteroatoms. The summed E-state index contributed by atoms with van der Waals surface area (Å²) in [6, 6.07) is 0.434. The van der Waals surface area contributed by atoms with Gasteiger partial charge in [-0.1, -0.05) is 13.8 Å². The van der Waals surface area contributed by atoms with Gasteiger partial charge in [0.05, 0.1) is 6.54 Å². The predicted molar refractivity (Wildman–Crippen MR) is 54.6 cm³/mol. The fraction of sp³-hybridized carbons (Fsp3) is 0.778. The lowest BCUT2D eigenvalue weighted by Gasteiger charge is -2.07. The van der Waals surface area contributed by atoms with E-state index < -0.39 is 5.91 Å². The topological polar surface area (TPSA) is 84.2 Å². The molecular formula is C9H19N3O2. The first-order valence-corrected chi connectivity index (χ1v) is 4.80. The van der Waals surface area contributed by atoms with Crippen LogP contribution in [0.5, 0.6) is 0 Å². The van der Waals surface area contributed by atoms with Crippen LogP contribution < -0.4 is 16.4 Å². The molecule has 0 aliphatic carbocycles. The van der Waals surface area contributed by atoms with Gasteiger partial charge in [-0.2, -0.15) is 0 Å². The first kappa shape index (κ1) is 12.9. The maximum Gasteiger partial charge on any atom is 0.236 e. The van der Waals surface area contributed by atoms with E-state index >= 15 is 0 Å². The SMILES string of the molecule is CC(C)NCCCC(=O)NCC(N)=O. The average molecular weight is 201 g/mol. The van der Waals surface area contributed by atoms with E-state index in [0.717, 1.165) is 13.0 Å². The van der Waals surface area contributed by atoms with Gasteiger partial charge in [-0.3, -0.25) is 9.59 Å². The maximum atomic E-state index is 11.0.